The molecule has 1 aromatic heterocycles. The van der Waals surface area contributed by atoms with Gasteiger partial charge in [-0.05, 0) is 46.9 Å². The van der Waals surface area contributed by atoms with Gasteiger partial charge in [0.15, 0.2) is 0 Å². The summed E-state index contributed by atoms with van der Waals surface area (Å²) in [5.74, 6) is 2.46. The molecule has 3 aromatic carbocycles. The minimum Gasteiger partial charge on any atom is -0.488 e. The highest BCUT2D eigenvalue weighted by atomic mass is 16.5. The maximum atomic E-state index is 6.36. The Labute approximate surface area is 207 Å². The van der Waals surface area contributed by atoms with Crippen molar-refractivity contribution >= 4 is 12.2 Å². The molecular formula is C31H31NO3. The van der Waals surface area contributed by atoms with E-state index in [1.807, 2.05) is 66.7 Å². The molecule has 0 atom stereocenters. The molecule has 0 saturated carbocycles. The van der Waals surface area contributed by atoms with Gasteiger partial charge in [0.05, 0.1) is 12.8 Å². The average molecular weight is 466 g/mol. The van der Waals surface area contributed by atoms with Gasteiger partial charge in [0.1, 0.15) is 24.7 Å². The average Bonchev–Trinajstić information content (AvgIpc) is 2.90. The fourth-order valence-electron chi connectivity index (χ4n) is 3.81. The summed E-state index contributed by atoms with van der Waals surface area (Å²) in [6, 6.07) is 30.3. The van der Waals surface area contributed by atoms with Gasteiger partial charge in [0.2, 0.25) is 5.88 Å². The zero-order chi connectivity index (χ0) is 24.5. The summed E-state index contributed by atoms with van der Waals surface area (Å²) in [5, 5.41) is 0. The van der Waals surface area contributed by atoms with Crippen molar-refractivity contribution in [3.63, 3.8) is 0 Å². The molecule has 0 spiro atoms. The number of benzene rings is 3. The number of hydrogen-bond acceptors (Lipinski definition) is 4. The van der Waals surface area contributed by atoms with E-state index in [9.17, 15) is 0 Å². The molecule has 0 saturated heterocycles. The zero-order valence-electron chi connectivity index (χ0n) is 20.5. The molecule has 0 fully saturated rings. The summed E-state index contributed by atoms with van der Waals surface area (Å²) in [6.45, 7) is 5.30. The lowest BCUT2D eigenvalue weighted by molar-refractivity contribution is 0.282. The molecule has 0 radical (unpaired) electrons. The van der Waals surface area contributed by atoms with Crippen LogP contribution in [0.2, 0.25) is 0 Å². The number of ether oxygens (including phenoxy) is 3. The molecule has 178 valence electrons. The molecule has 4 nitrogen and oxygen atoms in total. The van der Waals surface area contributed by atoms with E-state index < -0.39 is 0 Å². The molecule has 0 aliphatic heterocycles. The van der Waals surface area contributed by atoms with E-state index in [2.05, 4.69) is 55.2 Å². The van der Waals surface area contributed by atoms with Crippen LogP contribution in [0.1, 0.15) is 47.7 Å². The standard InChI is InChI=1S/C31H31NO3/c1-23(2)31-28(34-21-24-11-6-4-7-12-24)19-26(17-18-27-15-10-16-30(32-27)33-3)20-29(31)35-22-25-13-8-5-9-14-25/h4-20,23H,21-22H2,1-3H3. The first-order valence-corrected chi connectivity index (χ1v) is 11.8. The first-order valence-electron chi connectivity index (χ1n) is 11.8. The predicted octanol–water partition coefficient (Wildman–Crippen LogP) is 7.54. The third-order valence-electron chi connectivity index (χ3n) is 5.58. The Morgan fingerprint density at radius 2 is 1.29 bits per heavy atom. The van der Waals surface area contributed by atoms with E-state index >= 15 is 0 Å². The lowest BCUT2D eigenvalue weighted by atomic mass is 9.98. The SMILES string of the molecule is COc1cccc(C=Cc2cc(OCc3ccccc3)c(C(C)C)c(OCc3ccccc3)c2)n1. The maximum absolute atomic E-state index is 6.36. The minimum atomic E-state index is 0.227. The van der Waals surface area contributed by atoms with Gasteiger partial charge in [0.25, 0.3) is 0 Å². The van der Waals surface area contributed by atoms with Gasteiger partial charge in [-0.3, -0.25) is 0 Å². The molecule has 0 aliphatic rings. The fraction of sp³-hybridized carbons (Fsp3) is 0.194. The molecule has 0 aliphatic carbocycles. The Hall–Kier alpha value is -4.05. The predicted molar refractivity (Wildman–Crippen MR) is 142 cm³/mol. The quantitative estimate of drug-likeness (QED) is 0.242. The second-order valence-electron chi connectivity index (χ2n) is 8.57. The topological polar surface area (TPSA) is 40.6 Å². The highest BCUT2D eigenvalue weighted by molar-refractivity contribution is 5.71. The van der Waals surface area contributed by atoms with Gasteiger partial charge in [-0.2, -0.15) is 0 Å². The maximum Gasteiger partial charge on any atom is 0.213 e. The van der Waals surface area contributed by atoms with E-state index in [0.29, 0.717) is 19.1 Å². The largest absolute Gasteiger partial charge is 0.488 e. The molecule has 0 unspecified atom stereocenters. The lowest BCUT2D eigenvalue weighted by Gasteiger charge is -2.20. The van der Waals surface area contributed by atoms with E-state index in [0.717, 1.165) is 39.4 Å². The fourth-order valence-corrected chi connectivity index (χ4v) is 3.81. The number of rotatable bonds is 10. The van der Waals surface area contributed by atoms with E-state index in [4.69, 9.17) is 14.2 Å². The molecule has 4 rings (SSSR count). The van der Waals surface area contributed by atoms with Gasteiger partial charge >= 0.3 is 0 Å². The van der Waals surface area contributed by atoms with Crippen LogP contribution in [0.3, 0.4) is 0 Å². The molecule has 4 heteroatoms. The smallest absolute Gasteiger partial charge is 0.213 e. The first-order chi connectivity index (χ1) is 17.1. The summed E-state index contributed by atoms with van der Waals surface area (Å²) in [5.41, 5.74) is 5.10. The van der Waals surface area contributed by atoms with Crippen LogP contribution < -0.4 is 14.2 Å². The van der Waals surface area contributed by atoms with E-state index in [1.54, 1.807) is 7.11 Å². The molecule has 0 bridgehead atoms. The Bertz CT molecular complexity index is 1190. The van der Waals surface area contributed by atoms with Crippen molar-refractivity contribution in [2.24, 2.45) is 0 Å². The second-order valence-corrected chi connectivity index (χ2v) is 8.57. The molecule has 0 N–H and O–H groups in total. The number of methoxy groups -OCH3 is 1. The molecule has 0 amide bonds. The Morgan fingerprint density at radius 3 is 1.80 bits per heavy atom. The van der Waals surface area contributed by atoms with Crippen LogP contribution in [-0.2, 0) is 13.2 Å². The number of pyridine rings is 1. The Balaban J connectivity index is 1.67. The minimum absolute atomic E-state index is 0.227. The highest BCUT2D eigenvalue weighted by Crippen LogP contribution is 2.38. The lowest BCUT2D eigenvalue weighted by Crippen LogP contribution is -2.05. The van der Waals surface area contributed by atoms with E-state index in [1.165, 1.54) is 0 Å². The first kappa shape index (κ1) is 24.1. The summed E-state index contributed by atoms with van der Waals surface area (Å²) in [6.07, 6.45) is 3.99. The van der Waals surface area contributed by atoms with Crippen LogP contribution in [0.25, 0.3) is 12.2 Å². The van der Waals surface area contributed by atoms with Crippen molar-refractivity contribution in [1.82, 2.24) is 4.98 Å². The highest BCUT2D eigenvalue weighted by Gasteiger charge is 2.17. The van der Waals surface area contributed by atoms with Crippen LogP contribution in [0, 0.1) is 0 Å². The zero-order valence-corrected chi connectivity index (χ0v) is 20.5. The number of nitrogens with zero attached hydrogens (tertiary/aromatic N) is 1. The molecule has 4 aromatic rings. The van der Waals surface area contributed by atoms with Crippen LogP contribution in [0.5, 0.6) is 17.4 Å². The molecule has 1 heterocycles. The van der Waals surface area contributed by atoms with E-state index in [-0.39, 0.29) is 5.92 Å². The van der Waals surface area contributed by atoms with Crippen LogP contribution in [0.15, 0.2) is 91.0 Å². The van der Waals surface area contributed by atoms with Gasteiger partial charge in [-0.15, -0.1) is 0 Å². The van der Waals surface area contributed by atoms with Gasteiger partial charge in [0, 0.05) is 11.6 Å². The van der Waals surface area contributed by atoms with Gasteiger partial charge in [-0.25, -0.2) is 4.98 Å². The van der Waals surface area contributed by atoms with Crippen molar-refractivity contribution < 1.29 is 14.2 Å². The van der Waals surface area contributed by atoms with Crippen molar-refractivity contribution in [3.8, 4) is 17.4 Å². The third-order valence-corrected chi connectivity index (χ3v) is 5.58. The van der Waals surface area contributed by atoms with Crippen molar-refractivity contribution in [2.75, 3.05) is 7.11 Å². The van der Waals surface area contributed by atoms with Gasteiger partial charge < -0.3 is 14.2 Å². The Morgan fingerprint density at radius 1 is 0.714 bits per heavy atom. The van der Waals surface area contributed by atoms with Crippen molar-refractivity contribution in [3.05, 3.63) is 119 Å². The molecule has 35 heavy (non-hydrogen) atoms. The van der Waals surface area contributed by atoms with Crippen molar-refractivity contribution in [2.45, 2.75) is 33.0 Å². The van der Waals surface area contributed by atoms with Crippen molar-refractivity contribution in [1.29, 1.82) is 0 Å². The summed E-state index contributed by atoms with van der Waals surface area (Å²) in [4.78, 5) is 4.48. The third kappa shape index (κ3) is 6.73. The monoisotopic (exact) mass is 465 g/mol. The normalized spacial score (nSPS) is 11.1. The summed E-state index contributed by atoms with van der Waals surface area (Å²) < 4.78 is 18.0. The van der Waals surface area contributed by atoms with Crippen LogP contribution in [0.4, 0.5) is 0 Å². The second kappa shape index (κ2) is 11.9. The van der Waals surface area contributed by atoms with Crippen LogP contribution >= 0.6 is 0 Å². The molecular weight excluding hydrogens is 434 g/mol. The van der Waals surface area contributed by atoms with Crippen LogP contribution in [-0.4, -0.2) is 12.1 Å². The number of aromatic nitrogens is 1. The summed E-state index contributed by atoms with van der Waals surface area (Å²) >= 11 is 0. The number of hydrogen-bond donors (Lipinski definition) is 0. The van der Waals surface area contributed by atoms with Gasteiger partial charge in [-0.1, -0.05) is 86.7 Å². The Kier molecular flexibility index (Phi) is 8.18. The summed E-state index contributed by atoms with van der Waals surface area (Å²) in [7, 11) is 1.62.